The predicted octanol–water partition coefficient (Wildman–Crippen LogP) is 0.987. The highest BCUT2D eigenvalue weighted by atomic mass is 16.3. The number of carbonyl (C=O) groups excluding carboxylic acids is 1. The van der Waals surface area contributed by atoms with Crippen LogP contribution in [0.4, 0.5) is 0 Å². The first kappa shape index (κ1) is 12.8. The molecular formula is C13H19N3O2. The van der Waals surface area contributed by atoms with Crippen LogP contribution in [0.2, 0.25) is 0 Å². The highest BCUT2D eigenvalue weighted by Gasteiger charge is 2.26. The van der Waals surface area contributed by atoms with E-state index in [2.05, 4.69) is 4.98 Å². The topological polar surface area (TPSA) is 79.5 Å². The van der Waals surface area contributed by atoms with Gasteiger partial charge in [-0.05, 0) is 31.7 Å². The molecule has 18 heavy (non-hydrogen) atoms. The number of carbonyl (C=O) groups is 1. The van der Waals surface area contributed by atoms with Gasteiger partial charge in [0.1, 0.15) is 5.75 Å². The molecule has 5 heteroatoms. The van der Waals surface area contributed by atoms with Crippen molar-refractivity contribution in [2.24, 2.45) is 11.7 Å². The smallest absolute Gasteiger partial charge is 0.257 e. The van der Waals surface area contributed by atoms with Crippen LogP contribution in [0.15, 0.2) is 18.5 Å². The van der Waals surface area contributed by atoms with Gasteiger partial charge < -0.3 is 15.7 Å². The minimum absolute atomic E-state index is 0.0585. The lowest BCUT2D eigenvalue weighted by atomic mass is 9.90. The Labute approximate surface area is 107 Å². The van der Waals surface area contributed by atoms with Crippen LogP contribution < -0.4 is 5.73 Å². The molecule has 0 spiro atoms. The second kappa shape index (κ2) is 5.35. The summed E-state index contributed by atoms with van der Waals surface area (Å²) < 4.78 is 0. The number of amides is 1. The Morgan fingerprint density at radius 3 is 2.78 bits per heavy atom. The third kappa shape index (κ3) is 2.61. The maximum atomic E-state index is 12.2. The summed E-state index contributed by atoms with van der Waals surface area (Å²) in [6, 6.07) is 1.73. The summed E-state index contributed by atoms with van der Waals surface area (Å²) in [7, 11) is 0. The van der Waals surface area contributed by atoms with E-state index >= 15 is 0 Å². The highest BCUT2D eigenvalue weighted by Crippen LogP contribution is 2.23. The maximum absolute atomic E-state index is 12.2. The minimum Gasteiger partial charge on any atom is -0.505 e. The van der Waals surface area contributed by atoms with Crippen LogP contribution in [-0.2, 0) is 0 Å². The van der Waals surface area contributed by atoms with E-state index in [4.69, 9.17) is 5.73 Å². The molecule has 1 saturated heterocycles. The molecule has 1 aliphatic rings. The molecule has 0 aromatic carbocycles. The van der Waals surface area contributed by atoms with Crippen LogP contribution in [0.5, 0.6) is 5.75 Å². The van der Waals surface area contributed by atoms with Crippen LogP contribution in [0.1, 0.15) is 30.1 Å². The Morgan fingerprint density at radius 2 is 2.22 bits per heavy atom. The summed E-state index contributed by atoms with van der Waals surface area (Å²) in [5.41, 5.74) is 6.20. The fraction of sp³-hybridized carbons (Fsp3) is 0.538. The molecule has 5 nitrogen and oxygen atoms in total. The summed E-state index contributed by atoms with van der Waals surface area (Å²) >= 11 is 0. The van der Waals surface area contributed by atoms with Gasteiger partial charge in [-0.25, -0.2) is 0 Å². The Morgan fingerprint density at radius 1 is 1.56 bits per heavy atom. The van der Waals surface area contributed by atoms with Crippen molar-refractivity contribution in [2.45, 2.75) is 25.8 Å². The van der Waals surface area contributed by atoms with Gasteiger partial charge in [-0.1, -0.05) is 0 Å². The zero-order valence-corrected chi connectivity index (χ0v) is 10.5. The molecule has 98 valence electrons. The lowest BCUT2D eigenvalue weighted by Crippen LogP contribution is -2.42. The van der Waals surface area contributed by atoms with E-state index in [-0.39, 0.29) is 17.7 Å². The number of likely N-dealkylation sites (tertiary alicyclic amines) is 1. The first-order valence-corrected chi connectivity index (χ1v) is 6.27. The second-order valence-corrected chi connectivity index (χ2v) is 4.88. The normalized spacial score (nSPS) is 18.7. The molecule has 0 aliphatic carbocycles. The maximum Gasteiger partial charge on any atom is 0.257 e. The Hall–Kier alpha value is -1.62. The molecular weight excluding hydrogens is 230 g/mol. The van der Waals surface area contributed by atoms with Crippen molar-refractivity contribution in [3.8, 4) is 5.75 Å². The van der Waals surface area contributed by atoms with Gasteiger partial charge in [-0.15, -0.1) is 0 Å². The predicted molar refractivity (Wildman–Crippen MR) is 68.2 cm³/mol. The number of piperidine rings is 1. The SMILES string of the molecule is CC(N)C1CCN(C(=O)c2ccncc2O)CC1. The van der Waals surface area contributed by atoms with Gasteiger partial charge in [0.05, 0.1) is 11.8 Å². The molecule has 1 aromatic rings. The van der Waals surface area contributed by atoms with E-state index in [0.29, 0.717) is 24.6 Å². The molecule has 0 bridgehead atoms. The molecule has 0 radical (unpaired) electrons. The standard InChI is InChI=1S/C13H19N3O2/c1-9(14)10-3-6-16(7-4-10)13(18)11-2-5-15-8-12(11)17/h2,5,8-10,17H,3-4,6-7,14H2,1H3. The van der Waals surface area contributed by atoms with Gasteiger partial charge in [-0.2, -0.15) is 0 Å². The van der Waals surface area contributed by atoms with Crippen LogP contribution in [-0.4, -0.2) is 40.0 Å². The van der Waals surface area contributed by atoms with Crippen molar-refractivity contribution in [1.82, 2.24) is 9.88 Å². The summed E-state index contributed by atoms with van der Waals surface area (Å²) in [5.74, 6) is 0.301. The van der Waals surface area contributed by atoms with Crippen LogP contribution in [0.25, 0.3) is 0 Å². The molecule has 2 heterocycles. The number of nitrogens with zero attached hydrogens (tertiary/aromatic N) is 2. The van der Waals surface area contributed by atoms with Crippen molar-refractivity contribution >= 4 is 5.91 Å². The fourth-order valence-electron chi connectivity index (χ4n) is 2.37. The number of rotatable bonds is 2. The summed E-state index contributed by atoms with van der Waals surface area (Å²) in [4.78, 5) is 17.7. The van der Waals surface area contributed by atoms with E-state index in [9.17, 15) is 9.90 Å². The molecule has 0 saturated carbocycles. The number of hydrogen-bond acceptors (Lipinski definition) is 4. The lowest BCUT2D eigenvalue weighted by Gasteiger charge is -2.33. The third-order valence-corrected chi connectivity index (χ3v) is 3.60. The fourth-order valence-corrected chi connectivity index (χ4v) is 2.37. The van der Waals surface area contributed by atoms with E-state index in [1.807, 2.05) is 6.92 Å². The lowest BCUT2D eigenvalue weighted by molar-refractivity contribution is 0.0678. The monoisotopic (exact) mass is 249 g/mol. The quantitative estimate of drug-likeness (QED) is 0.819. The number of aromatic hydroxyl groups is 1. The largest absolute Gasteiger partial charge is 0.505 e. The van der Waals surface area contributed by atoms with E-state index in [0.717, 1.165) is 12.8 Å². The van der Waals surface area contributed by atoms with Crippen molar-refractivity contribution in [3.05, 3.63) is 24.0 Å². The molecule has 1 atom stereocenters. The van der Waals surface area contributed by atoms with Gasteiger partial charge in [-0.3, -0.25) is 9.78 Å². The van der Waals surface area contributed by atoms with Gasteiger partial charge in [0.15, 0.2) is 0 Å². The summed E-state index contributed by atoms with van der Waals surface area (Å²) in [6.07, 6.45) is 4.66. The average molecular weight is 249 g/mol. The zero-order valence-electron chi connectivity index (χ0n) is 10.5. The molecule has 1 fully saturated rings. The number of hydrogen-bond donors (Lipinski definition) is 2. The van der Waals surface area contributed by atoms with Crippen molar-refractivity contribution < 1.29 is 9.90 Å². The molecule has 1 unspecified atom stereocenters. The zero-order chi connectivity index (χ0) is 13.1. The summed E-state index contributed by atoms with van der Waals surface area (Å²) in [6.45, 7) is 3.41. The molecule has 1 aliphatic heterocycles. The third-order valence-electron chi connectivity index (χ3n) is 3.60. The van der Waals surface area contributed by atoms with Crippen LogP contribution in [0, 0.1) is 5.92 Å². The first-order valence-electron chi connectivity index (χ1n) is 6.27. The molecule has 3 N–H and O–H groups in total. The Kier molecular flexibility index (Phi) is 3.81. The molecule has 2 rings (SSSR count). The van der Waals surface area contributed by atoms with Crippen LogP contribution in [0.3, 0.4) is 0 Å². The van der Waals surface area contributed by atoms with Gasteiger partial charge in [0.25, 0.3) is 5.91 Å². The van der Waals surface area contributed by atoms with E-state index in [1.165, 1.54) is 12.4 Å². The Bertz CT molecular complexity index is 426. The Balaban J connectivity index is 2.02. The number of nitrogens with two attached hydrogens (primary N) is 1. The van der Waals surface area contributed by atoms with Gasteiger partial charge in [0.2, 0.25) is 0 Å². The number of pyridine rings is 1. The molecule has 1 aromatic heterocycles. The van der Waals surface area contributed by atoms with Crippen molar-refractivity contribution in [3.63, 3.8) is 0 Å². The number of aromatic nitrogens is 1. The first-order chi connectivity index (χ1) is 8.59. The van der Waals surface area contributed by atoms with Gasteiger partial charge >= 0.3 is 0 Å². The highest BCUT2D eigenvalue weighted by molar-refractivity contribution is 5.96. The summed E-state index contributed by atoms with van der Waals surface area (Å²) in [5, 5.41) is 9.62. The molecule has 1 amide bonds. The van der Waals surface area contributed by atoms with Gasteiger partial charge in [0, 0.05) is 25.3 Å². The van der Waals surface area contributed by atoms with E-state index < -0.39 is 0 Å². The van der Waals surface area contributed by atoms with Crippen molar-refractivity contribution in [1.29, 1.82) is 0 Å². The van der Waals surface area contributed by atoms with Crippen molar-refractivity contribution in [2.75, 3.05) is 13.1 Å². The minimum atomic E-state index is -0.127. The second-order valence-electron chi connectivity index (χ2n) is 4.88. The van der Waals surface area contributed by atoms with Crippen LogP contribution >= 0.6 is 0 Å². The van der Waals surface area contributed by atoms with E-state index in [1.54, 1.807) is 11.0 Å². The average Bonchev–Trinajstić information content (AvgIpc) is 2.38.